The Hall–Kier alpha value is -1.97. The third kappa shape index (κ3) is 4.81. The van der Waals surface area contributed by atoms with Gasteiger partial charge < -0.3 is 15.2 Å². The first-order valence-electron chi connectivity index (χ1n) is 5.89. The largest absolute Gasteiger partial charge is 0.468 e. The van der Waals surface area contributed by atoms with Gasteiger partial charge in [-0.1, -0.05) is 0 Å². The maximum absolute atomic E-state index is 12.0. The van der Waals surface area contributed by atoms with Crippen LogP contribution in [0.15, 0.2) is 29.2 Å². The van der Waals surface area contributed by atoms with E-state index in [1.165, 1.54) is 31.2 Å². The average Bonchev–Trinajstić information content (AvgIpc) is 2.44. The molecule has 0 aliphatic carbocycles. The van der Waals surface area contributed by atoms with Gasteiger partial charge in [0, 0.05) is 12.6 Å². The number of methoxy groups -OCH3 is 1. The molecule has 0 spiro atoms. The van der Waals surface area contributed by atoms with Gasteiger partial charge in [0.05, 0.1) is 18.6 Å². The van der Waals surface area contributed by atoms with Gasteiger partial charge in [0.15, 0.2) is 0 Å². The fourth-order valence-electron chi connectivity index (χ4n) is 1.48. The number of amides is 1. The van der Waals surface area contributed by atoms with Gasteiger partial charge in [0.2, 0.25) is 15.9 Å². The van der Waals surface area contributed by atoms with Crippen molar-refractivity contribution < 1.29 is 27.9 Å². The smallest absolute Gasteiger partial charge is 0.326 e. The molecule has 0 saturated carbocycles. The van der Waals surface area contributed by atoms with E-state index in [0.717, 1.165) is 7.11 Å². The first kappa shape index (κ1) is 17.1. The van der Waals surface area contributed by atoms with Crippen molar-refractivity contribution in [3.63, 3.8) is 0 Å². The molecule has 8 nitrogen and oxygen atoms in total. The molecule has 1 rings (SSSR count). The van der Waals surface area contributed by atoms with Crippen molar-refractivity contribution in [1.29, 1.82) is 0 Å². The molecule has 3 N–H and O–H groups in total. The summed E-state index contributed by atoms with van der Waals surface area (Å²) in [5.74, 6) is -1.18. The van der Waals surface area contributed by atoms with Crippen LogP contribution in [0, 0.1) is 0 Å². The second-order valence-electron chi connectivity index (χ2n) is 4.09. The molecule has 0 heterocycles. The Morgan fingerprint density at radius 3 is 2.29 bits per heavy atom. The third-order valence-electron chi connectivity index (χ3n) is 2.45. The number of benzene rings is 1. The number of hydrogen-bond donors (Lipinski definition) is 3. The highest BCUT2D eigenvalue weighted by Gasteiger charge is 2.25. The topological polar surface area (TPSA) is 122 Å². The van der Waals surface area contributed by atoms with Crippen LogP contribution in [0.4, 0.5) is 5.69 Å². The molecule has 0 aliphatic heterocycles. The molecule has 0 fully saturated rings. The Labute approximate surface area is 122 Å². The predicted octanol–water partition coefficient (Wildman–Crippen LogP) is -0.543. The monoisotopic (exact) mass is 316 g/mol. The molecule has 0 radical (unpaired) electrons. The van der Waals surface area contributed by atoms with Crippen molar-refractivity contribution in [2.45, 2.75) is 17.9 Å². The standard InChI is InChI=1S/C12H16N2O6S/c1-8(16)13-9-3-5-10(6-4-9)21(18,19)14-11(7-15)12(17)20-2/h3-6,11,14-15H,7H2,1-2H3,(H,13,16). The lowest BCUT2D eigenvalue weighted by atomic mass is 10.3. The van der Waals surface area contributed by atoms with E-state index in [0.29, 0.717) is 5.69 Å². The Morgan fingerprint density at radius 2 is 1.86 bits per heavy atom. The van der Waals surface area contributed by atoms with E-state index in [-0.39, 0.29) is 10.8 Å². The molecule has 0 aliphatic rings. The van der Waals surface area contributed by atoms with Crippen LogP contribution in [-0.4, -0.2) is 45.2 Å². The molecule has 1 aromatic carbocycles. The van der Waals surface area contributed by atoms with Gasteiger partial charge in [-0.05, 0) is 24.3 Å². The zero-order valence-corrected chi connectivity index (χ0v) is 12.3. The number of carbonyl (C=O) groups is 2. The molecular formula is C12H16N2O6S. The number of aliphatic hydroxyl groups is 1. The van der Waals surface area contributed by atoms with Crippen LogP contribution in [-0.2, 0) is 24.3 Å². The minimum Gasteiger partial charge on any atom is -0.468 e. The second-order valence-corrected chi connectivity index (χ2v) is 5.80. The number of rotatable bonds is 6. The van der Waals surface area contributed by atoms with Gasteiger partial charge in [-0.25, -0.2) is 8.42 Å². The number of nitrogens with one attached hydrogen (secondary N) is 2. The number of ether oxygens (including phenoxy) is 1. The Kier molecular flexibility index (Phi) is 5.82. The third-order valence-corrected chi connectivity index (χ3v) is 3.94. The van der Waals surface area contributed by atoms with Crippen LogP contribution in [0.25, 0.3) is 0 Å². The van der Waals surface area contributed by atoms with Gasteiger partial charge in [-0.15, -0.1) is 0 Å². The molecule has 9 heteroatoms. The number of sulfonamides is 1. The van der Waals surface area contributed by atoms with Crippen molar-refractivity contribution in [3.05, 3.63) is 24.3 Å². The maximum Gasteiger partial charge on any atom is 0.326 e. The van der Waals surface area contributed by atoms with Crippen molar-refractivity contribution in [3.8, 4) is 0 Å². The van der Waals surface area contributed by atoms with Crippen LogP contribution in [0.3, 0.4) is 0 Å². The van der Waals surface area contributed by atoms with Crippen LogP contribution in [0.5, 0.6) is 0 Å². The number of esters is 1. The highest BCUT2D eigenvalue weighted by molar-refractivity contribution is 7.89. The zero-order valence-electron chi connectivity index (χ0n) is 11.5. The van der Waals surface area contributed by atoms with Crippen LogP contribution in [0.2, 0.25) is 0 Å². The molecule has 1 aromatic rings. The van der Waals surface area contributed by atoms with Gasteiger partial charge in [-0.2, -0.15) is 4.72 Å². The SMILES string of the molecule is COC(=O)C(CO)NS(=O)(=O)c1ccc(NC(C)=O)cc1. The van der Waals surface area contributed by atoms with Crippen molar-refractivity contribution in [2.75, 3.05) is 19.0 Å². The second kappa shape index (κ2) is 7.16. The molecule has 1 atom stereocenters. The van der Waals surface area contributed by atoms with Gasteiger partial charge in [0.1, 0.15) is 6.04 Å². The summed E-state index contributed by atoms with van der Waals surface area (Å²) in [4.78, 5) is 22.0. The Morgan fingerprint density at radius 1 is 1.29 bits per heavy atom. The predicted molar refractivity (Wildman–Crippen MR) is 74.0 cm³/mol. The number of carbonyl (C=O) groups excluding carboxylic acids is 2. The highest BCUT2D eigenvalue weighted by atomic mass is 32.2. The summed E-state index contributed by atoms with van der Waals surface area (Å²) in [5, 5.41) is 11.5. The summed E-state index contributed by atoms with van der Waals surface area (Å²) >= 11 is 0. The van der Waals surface area contributed by atoms with E-state index in [2.05, 4.69) is 10.1 Å². The normalized spacial score (nSPS) is 12.5. The first-order chi connectivity index (χ1) is 9.80. The molecule has 21 heavy (non-hydrogen) atoms. The van der Waals surface area contributed by atoms with Crippen molar-refractivity contribution in [1.82, 2.24) is 4.72 Å². The molecular weight excluding hydrogens is 300 g/mol. The fraction of sp³-hybridized carbons (Fsp3) is 0.333. The van der Waals surface area contributed by atoms with Gasteiger partial charge in [-0.3, -0.25) is 9.59 Å². The summed E-state index contributed by atoms with van der Waals surface area (Å²) in [6.07, 6.45) is 0. The summed E-state index contributed by atoms with van der Waals surface area (Å²) < 4.78 is 30.5. The molecule has 0 bridgehead atoms. The highest BCUT2D eigenvalue weighted by Crippen LogP contribution is 2.14. The van der Waals surface area contributed by atoms with Gasteiger partial charge in [0.25, 0.3) is 0 Å². The van der Waals surface area contributed by atoms with E-state index in [4.69, 9.17) is 5.11 Å². The summed E-state index contributed by atoms with van der Waals surface area (Å²) in [5.41, 5.74) is 0.438. The Bertz CT molecular complexity index is 611. The summed E-state index contributed by atoms with van der Waals surface area (Å²) in [6.45, 7) is 0.601. The first-order valence-corrected chi connectivity index (χ1v) is 7.37. The summed E-state index contributed by atoms with van der Waals surface area (Å²) in [6, 6.07) is 3.96. The number of hydrogen-bond acceptors (Lipinski definition) is 6. The van der Waals surface area contributed by atoms with E-state index < -0.39 is 28.6 Å². The van der Waals surface area contributed by atoms with E-state index in [1.807, 2.05) is 4.72 Å². The van der Waals surface area contributed by atoms with Gasteiger partial charge >= 0.3 is 5.97 Å². The fourth-order valence-corrected chi connectivity index (χ4v) is 2.65. The molecule has 0 saturated heterocycles. The average molecular weight is 316 g/mol. The van der Waals surface area contributed by atoms with Crippen LogP contribution < -0.4 is 10.0 Å². The van der Waals surface area contributed by atoms with Crippen molar-refractivity contribution >= 4 is 27.6 Å². The number of aliphatic hydroxyl groups excluding tert-OH is 1. The van der Waals surface area contributed by atoms with Crippen LogP contribution >= 0.6 is 0 Å². The molecule has 1 unspecified atom stereocenters. The molecule has 116 valence electrons. The Balaban J connectivity index is 2.92. The van der Waals surface area contributed by atoms with Crippen LogP contribution in [0.1, 0.15) is 6.92 Å². The number of anilines is 1. The minimum absolute atomic E-state index is 0.112. The summed E-state index contributed by atoms with van der Waals surface area (Å²) in [7, 11) is -2.91. The zero-order chi connectivity index (χ0) is 16.0. The maximum atomic E-state index is 12.0. The van der Waals surface area contributed by atoms with E-state index in [1.54, 1.807) is 0 Å². The quantitative estimate of drug-likeness (QED) is 0.606. The lowest BCUT2D eigenvalue weighted by Crippen LogP contribution is -2.43. The molecule has 0 aromatic heterocycles. The molecule has 1 amide bonds. The van der Waals surface area contributed by atoms with E-state index >= 15 is 0 Å². The van der Waals surface area contributed by atoms with E-state index in [9.17, 15) is 18.0 Å². The minimum atomic E-state index is -4.00. The lowest BCUT2D eigenvalue weighted by Gasteiger charge is -2.14. The lowest BCUT2D eigenvalue weighted by molar-refractivity contribution is -0.143. The van der Waals surface area contributed by atoms with Crippen molar-refractivity contribution in [2.24, 2.45) is 0 Å².